The largest absolute Gasteiger partial charge is 0.346 e. The van der Waals surface area contributed by atoms with Crippen molar-refractivity contribution < 1.29 is 13.2 Å². The fourth-order valence-corrected chi connectivity index (χ4v) is 3.98. The number of fused-ring (bicyclic) bond motifs is 1. The molecule has 8 heteroatoms. The third-order valence-electron chi connectivity index (χ3n) is 4.91. The van der Waals surface area contributed by atoms with Gasteiger partial charge in [-0.1, -0.05) is 42.5 Å². The summed E-state index contributed by atoms with van der Waals surface area (Å²) in [5.41, 5.74) is 4.14. The van der Waals surface area contributed by atoms with Gasteiger partial charge in [-0.3, -0.25) is 14.6 Å². The van der Waals surface area contributed by atoms with Crippen LogP contribution < -0.4 is 10.0 Å². The van der Waals surface area contributed by atoms with E-state index in [0.29, 0.717) is 16.9 Å². The van der Waals surface area contributed by atoms with Crippen LogP contribution in [-0.2, 0) is 10.0 Å². The molecule has 1 aromatic heterocycles. The predicted octanol–water partition coefficient (Wildman–Crippen LogP) is 4.09. The number of benzene rings is 3. The van der Waals surface area contributed by atoms with Gasteiger partial charge in [-0.25, -0.2) is 8.42 Å². The third-order valence-corrected chi connectivity index (χ3v) is 5.52. The number of anilines is 1. The molecule has 1 atom stereocenters. The number of nitrogens with one attached hydrogen (secondary N) is 3. The molecule has 0 spiro atoms. The molecule has 0 aliphatic rings. The van der Waals surface area contributed by atoms with E-state index in [9.17, 15) is 13.2 Å². The number of carbonyl (C=O) groups excluding carboxylic acids is 1. The number of H-pyrrole nitrogens is 1. The van der Waals surface area contributed by atoms with E-state index in [4.69, 9.17) is 0 Å². The number of hydrogen-bond donors (Lipinski definition) is 3. The summed E-state index contributed by atoms with van der Waals surface area (Å²) in [6.45, 7) is 1.94. The lowest BCUT2D eigenvalue weighted by Gasteiger charge is -2.14. The Kier molecular flexibility index (Phi) is 5.48. The van der Waals surface area contributed by atoms with Gasteiger partial charge in [-0.05, 0) is 42.8 Å². The quantitative estimate of drug-likeness (QED) is 0.425. The second kappa shape index (κ2) is 8.23. The van der Waals surface area contributed by atoms with Gasteiger partial charge in [0.05, 0.1) is 23.5 Å². The van der Waals surface area contributed by atoms with E-state index in [1.54, 1.807) is 30.3 Å². The van der Waals surface area contributed by atoms with Crippen LogP contribution in [-0.4, -0.2) is 30.8 Å². The van der Waals surface area contributed by atoms with Crippen LogP contribution in [0.1, 0.15) is 28.9 Å². The highest BCUT2D eigenvalue weighted by molar-refractivity contribution is 7.92. The topological polar surface area (TPSA) is 104 Å². The van der Waals surface area contributed by atoms with Gasteiger partial charge in [-0.15, -0.1) is 0 Å². The summed E-state index contributed by atoms with van der Waals surface area (Å²) in [6, 6.07) is 21.9. The molecule has 0 bridgehead atoms. The van der Waals surface area contributed by atoms with Crippen molar-refractivity contribution in [2.45, 2.75) is 13.0 Å². The van der Waals surface area contributed by atoms with Crippen molar-refractivity contribution in [2.75, 3.05) is 11.0 Å². The molecule has 1 heterocycles. The lowest BCUT2D eigenvalue weighted by Crippen LogP contribution is -2.26. The first-order valence-electron chi connectivity index (χ1n) is 9.72. The average molecular weight is 435 g/mol. The van der Waals surface area contributed by atoms with Crippen molar-refractivity contribution in [1.29, 1.82) is 0 Å². The summed E-state index contributed by atoms with van der Waals surface area (Å²) in [4.78, 5) is 12.8. The normalized spacial score (nSPS) is 12.5. The molecule has 7 nitrogen and oxygen atoms in total. The molecule has 0 saturated heterocycles. The molecule has 3 N–H and O–H groups in total. The van der Waals surface area contributed by atoms with E-state index in [-0.39, 0.29) is 11.9 Å². The van der Waals surface area contributed by atoms with Gasteiger partial charge in [0.25, 0.3) is 5.91 Å². The minimum Gasteiger partial charge on any atom is -0.346 e. The van der Waals surface area contributed by atoms with E-state index in [1.807, 2.05) is 49.4 Å². The molecule has 4 aromatic rings. The molecule has 0 aliphatic heterocycles. The number of rotatable bonds is 6. The highest BCUT2D eigenvalue weighted by Crippen LogP contribution is 2.29. The molecule has 1 amide bonds. The average Bonchev–Trinajstić information content (AvgIpc) is 3.16. The van der Waals surface area contributed by atoms with Crippen LogP contribution in [0.25, 0.3) is 22.2 Å². The number of amides is 1. The summed E-state index contributed by atoms with van der Waals surface area (Å²) in [5, 5.41) is 11.1. The Labute approximate surface area is 180 Å². The molecule has 158 valence electrons. The number of aromatic amines is 1. The maximum Gasteiger partial charge on any atom is 0.251 e. The van der Waals surface area contributed by atoms with E-state index >= 15 is 0 Å². The summed E-state index contributed by atoms with van der Waals surface area (Å²) in [5.74, 6) is -0.183. The Morgan fingerprint density at radius 2 is 1.77 bits per heavy atom. The molecule has 4 rings (SSSR count). The molecule has 0 radical (unpaired) electrons. The molecule has 0 fully saturated rings. The third kappa shape index (κ3) is 4.75. The Bertz CT molecular complexity index is 1350. The zero-order chi connectivity index (χ0) is 22.0. The van der Waals surface area contributed by atoms with Gasteiger partial charge in [-0.2, -0.15) is 5.10 Å². The number of sulfonamides is 1. The summed E-state index contributed by atoms with van der Waals surface area (Å²) in [7, 11) is -3.39. The van der Waals surface area contributed by atoms with Crippen LogP contribution in [0, 0.1) is 0 Å². The maximum absolute atomic E-state index is 12.8. The minimum atomic E-state index is -3.39. The summed E-state index contributed by atoms with van der Waals surface area (Å²) >= 11 is 0. The highest BCUT2D eigenvalue weighted by Gasteiger charge is 2.15. The second-order valence-corrected chi connectivity index (χ2v) is 9.14. The Hall–Kier alpha value is -3.65. The van der Waals surface area contributed by atoms with Gasteiger partial charge in [0.2, 0.25) is 10.0 Å². The van der Waals surface area contributed by atoms with Crippen LogP contribution in [0.2, 0.25) is 0 Å². The standard InChI is InChI=1S/C23H22N4O3S/c1-15(16-7-4-3-5-8-16)24-23(28)18-11-12-21-20(14-18)22(26-25-21)17-9-6-10-19(13-17)27-31(2,29)30/h3-15,27H,1-2H3,(H,24,28)(H,25,26)/t15-/m1/s1. The Morgan fingerprint density at radius 1 is 1.00 bits per heavy atom. The van der Waals surface area contributed by atoms with Gasteiger partial charge >= 0.3 is 0 Å². The first-order chi connectivity index (χ1) is 14.8. The van der Waals surface area contributed by atoms with Gasteiger partial charge in [0, 0.05) is 22.2 Å². The van der Waals surface area contributed by atoms with E-state index in [0.717, 1.165) is 28.3 Å². The van der Waals surface area contributed by atoms with Crippen molar-refractivity contribution in [3.8, 4) is 11.3 Å². The monoisotopic (exact) mass is 434 g/mol. The number of nitrogens with zero attached hydrogens (tertiary/aromatic N) is 1. The van der Waals surface area contributed by atoms with E-state index in [2.05, 4.69) is 20.2 Å². The van der Waals surface area contributed by atoms with Crippen molar-refractivity contribution in [3.05, 3.63) is 83.9 Å². The first kappa shape index (κ1) is 20.6. The molecular weight excluding hydrogens is 412 g/mol. The smallest absolute Gasteiger partial charge is 0.251 e. The summed E-state index contributed by atoms with van der Waals surface area (Å²) in [6.07, 6.45) is 1.10. The maximum atomic E-state index is 12.8. The van der Waals surface area contributed by atoms with Crippen LogP contribution in [0.4, 0.5) is 5.69 Å². The molecular formula is C23H22N4O3S. The van der Waals surface area contributed by atoms with Crippen molar-refractivity contribution in [1.82, 2.24) is 15.5 Å². The number of carbonyl (C=O) groups is 1. The molecule has 0 unspecified atom stereocenters. The fraction of sp³-hybridized carbons (Fsp3) is 0.130. The van der Waals surface area contributed by atoms with Gasteiger partial charge < -0.3 is 5.32 Å². The molecule has 31 heavy (non-hydrogen) atoms. The first-order valence-corrected chi connectivity index (χ1v) is 11.6. The number of aromatic nitrogens is 2. The van der Waals surface area contributed by atoms with E-state index in [1.165, 1.54) is 0 Å². The summed E-state index contributed by atoms with van der Waals surface area (Å²) < 4.78 is 25.6. The molecule has 0 saturated carbocycles. The van der Waals surface area contributed by atoms with Gasteiger partial charge in [0.15, 0.2) is 0 Å². The van der Waals surface area contributed by atoms with Crippen LogP contribution >= 0.6 is 0 Å². The van der Waals surface area contributed by atoms with Crippen LogP contribution in [0.5, 0.6) is 0 Å². The molecule has 0 aliphatic carbocycles. The van der Waals surface area contributed by atoms with E-state index < -0.39 is 10.0 Å². The number of hydrogen-bond acceptors (Lipinski definition) is 4. The predicted molar refractivity (Wildman–Crippen MR) is 122 cm³/mol. The van der Waals surface area contributed by atoms with Gasteiger partial charge in [0.1, 0.15) is 0 Å². The van der Waals surface area contributed by atoms with Crippen molar-refractivity contribution in [3.63, 3.8) is 0 Å². The Morgan fingerprint density at radius 3 is 2.52 bits per heavy atom. The van der Waals surface area contributed by atoms with Crippen LogP contribution in [0.3, 0.4) is 0 Å². The fourth-order valence-electron chi connectivity index (χ4n) is 3.42. The second-order valence-electron chi connectivity index (χ2n) is 7.39. The lowest BCUT2D eigenvalue weighted by molar-refractivity contribution is 0.0940. The lowest BCUT2D eigenvalue weighted by atomic mass is 10.0. The molecule has 3 aromatic carbocycles. The van der Waals surface area contributed by atoms with Crippen LogP contribution in [0.15, 0.2) is 72.8 Å². The Balaban J connectivity index is 1.64. The zero-order valence-corrected chi connectivity index (χ0v) is 17.9. The highest BCUT2D eigenvalue weighted by atomic mass is 32.2. The minimum absolute atomic E-state index is 0.132. The zero-order valence-electron chi connectivity index (χ0n) is 17.1. The van der Waals surface area contributed by atoms with Crippen molar-refractivity contribution >= 4 is 32.5 Å². The SMILES string of the molecule is C[C@@H](NC(=O)c1ccc2[nH]nc(-c3cccc(NS(C)(=O)=O)c3)c2c1)c1ccccc1. The van der Waals surface area contributed by atoms with Crippen molar-refractivity contribution in [2.24, 2.45) is 0 Å².